The summed E-state index contributed by atoms with van der Waals surface area (Å²) in [5.41, 5.74) is 4.12. The van der Waals surface area contributed by atoms with Crippen molar-refractivity contribution in [3.63, 3.8) is 0 Å². The van der Waals surface area contributed by atoms with Gasteiger partial charge in [0.15, 0.2) is 0 Å². The number of nitrogens with one attached hydrogen (secondary N) is 2. The first-order valence-corrected chi connectivity index (χ1v) is 9.71. The molecule has 0 aliphatic heterocycles. The summed E-state index contributed by atoms with van der Waals surface area (Å²) in [6, 6.07) is 6.94. The molecule has 1 aliphatic rings. The highest BCUT2D eigenvalue weighted by atomic mass is 35.5. The Labute approximate surface area is 169 Å². The van der Waals surface area contributed by atoms with Crippen LogP contribution in [0.15, 0.2) is 23.3 Å². The summed E-state index contributed by atoms with van der Waals surface area (Å²) in [6.45, 7) is 0. The molecule has 0 radical (unpaired) electrons. The third-order valence-electron chi connectivity index (χ3n) is 4.05. The number of hydrogen-bond donors (Lipinski definition) is 2. The van der Waals surface area contributed by atoms with E-state index >= 15 is 0 Å². The van der Waals surface area contributed by atoms with Crippen LogP contribution >= 0.6 is 34.5 Å². The van der Waals surface area contributed by atoms with Crippen molar-refractivity contribution in [1.82, 2.24) is 5.43 Å². The van der Waals surface area contributed by atoms with Gasteiger partial charge >= 0.3 is 11.8 Å². The lowest BCUT2D eigenvalue weighted by Gasteiger charge is -2.09. The van der Waals surface area contributed by atoms with E-state index in [2.05, 4.69) is 21.9 Å². The Hall–Kier alpha value is -2.40. The van der Waals surface area contributed by atoms with Gasteiger partial charge in [0, 0.05) is 15.5 Å². The van der Waals surface area contributed by atoms with Crippen molar-refractivity contribution < 1.29 is 9.59 Å². The first kappa shape index (κ1) is 19.4. The van der Waals surface area contributed by atoms with Gasteiger partial charge in [-0.2, -0.15) is 10.4 Å². The van der Waals surface area contributed by atoms with Crippen LogP contribution in [0.1, 0.15) is 34.4 Å². The molecule has 3 rings (SSSR count). The van der Waals surface area contributed by atoms with Crippen LogP contribution in [-0.2, 0) is 22.4 Å². The number of hydrazone groups is 1. The van der Waals surface area contributed by atoms with E-state index in [1.165, 1.54) is 17.6 Å². The molecular weight excluding hydrogens is 407 g/mol. The van der Waals surface area contributed by atoms with Crippen LogP contribution in [0.5, 0.6) is 0 Å². The minimum absolute atomic E-state index is 0.368. The molecule has 9 heteroatoms. The Bertz CT molecular complexity index is 978. The molecule has 1 aromatic carbocycles. The number of carbonyl (C=O) groups is 2. The van der Waals surface area contributed by atoms with E-state index in [4.69, 9.17) is 23.2 Å². The third kappa shape index (κ3) is 4.48. The van der Waals surface area contributed by atoms with Gasteiger partial charge in [0.25, 0.3) is 0 Å². The number of amides is 2. The summed E-state index contributed by atoms with van der Waals surface area (Å²) >= 11 is 13.2. The summed E-state index contributed by atoms with van der Waals surface area (Å²) in [7, 11) is 0. The molecule has 0 saturated heterocycles. The van der Waals surface area contributed by atoms with Crippen molar-refractivity contribution in [2.45, 2.75) is 25.7 Å². The molecule has 2 aromatic rings. The molecule has 2 N–H and O–H groups in total. The van der Waals surface area contributed by atoms with Crippen LogP contribution < -0.4 is 10.7 Å². The highest BCUT2D eigenvalue weighted by molar-refractivity contribution is 7.16. The molecule has 0 spiro atoms. The van der Waals surface area contributed by atoms with Gasteiger partial charge in [-0.25, -0.2) is 5.43 Å². The van der Waals surface area contributed by atoms with E-state index in [9.17, 15) is 14.9 Å². The first-order chi connectivity index (χ1) is 13.0. The first-order valence-electron chi connectivity index (χ1n) is 8.13. The maximum atomic E-state index is 12.1. The second kappa shape index (κ2) is 8.53. The van der Waals surface area contributed by atoms with Crippen molar-refractivity contribution in [2.24, 2.45) is 5.10 Å². The zero-order chi connectivity index (χ0) is 19.4. The van der Waals surface area contributed by atoms with Crippen LogP contribution in [0, 0.1) is 11.3 Å². The fourth-order valence-corrected chi connectivity index (χ4v) is 4.44. The number of nitrogens with zero attached hydrogens (tertiary/aromatic N) is 2. The zero-order valence-corrected chi connectivity index (χ0v) is 16.3. The Balaban J connectivity index is 1.65. The van der Waals surface area contributed by atoms with Gasteiger partial charge in [0.05, 0.1) is 16.8 Å². The molecule has 138 valence electrons. The Morgan fingerprint density at radius 2 is 2.00 bits per heavy atom. The summed E-state index contributed by atoms with van der Waals surface area (Å²) in [6.07, 6.45) is 5.11. The lowest BCUT2D eigenvalue weighted by Crippen LogP contribution is -2.32. The van der Waals surface area contributed by atoms with Crippen molar-refractivity contribution in [1.29, 1.82) is 5.26 Å². The number of rotatable bonds is 3. The second-order valence-electron chi connectivity index (χ2n) is 5.85. The Kier molecular flexibility index (Phi) is 6.11. The largest absolute Gasteiger partial charge is 0.329 e. The van der Waals surface area contributed by atoms with E-state index in [1.54, 1.807) is 18.2 Å². The second-order valence-corrected chi connectivity index (χ2v) is 7.79. The number of nitriles is 1. The number of fused-ring (bicyclic) bond motifs is 1. The normalized spacial score (nSPS) is 13.1. The third-order valence-corrected chi connectivity index (χ3v) is 5.82. The maximum Gasteiger partial charge on any atom is 0.329 e. The Morgan fingerprint density at radius 3 is 2.74 bits per heavy atom. The predicted octanol–water partition coefficient (Wildman–Crippen LogP) is 3.89. The number of anilines is 1. The molecular formula is C18H14Cl2N4O2S. The van der Waals surface area contributed by atoms with Gasteiger partial charge < -0.3 is 5.32 Å². The SMILES string of the molecule is N#Cc1c(NC(=O)C(=O)NN=Cc2ccc(Cl)cc2Cl)sc2c1CCCC2. The van der Waals surface area contributed by atoms with Gasteiger partial charge in [-0.1, -0.05) is 29.3 Å². The average molecular weight is 421 g/mol. The molecule has 0 unspecified atom stereocenters. The summed E-state index contributed by atoms with van der Waals surface area (Å²) in [5.74, 6) is -1.82. The van der Waals surface area contributed by atoms with E-state index in [-0.39, 0.29) is 0 Å². The van der Waals surface area contributed by atoms with Crippen LogP contribution in [0.25, 0.3) is 0 Å². The number of carbonyl (C=O) groups excluding carboxylic acids is 2. The van der Waals surface area contributed by atoms with Gasteiger partial charge in [-0.05, 0) is 43.4 Å². The minimum Gasteiger partial charge on any atom is -0.308 e. The molecule has 1 aliphatic carbocycles. The van der Waals surface area contributed by atoms with Crippen LogP contribution in [0.2, 0.25) is 10.0 Å². The van der Waals surface area contributed by atoms with Gasteiger partial charge in [0.2, 0.25) is 0 Å². The zero-order valence-electron chi connectivity index (χ0n) is 14.0. The number of halogens is 2. The van der Waals surface area contributed by atoms with E-state index in [1.807, 2.05) is 0 Å². The number of aryl methyl sites for hydroxylation is 1. The van der Waals surface area contributed by atoms with Gasteiger partial charge in [0.1, 0.15) is 11.1 Å². The van der Waals surface area contributed by atoms with Crippen LogP contribution in [-0.4, -0.2) is 18.0 Å². The lowest BCUT2D eigenvalue weighted by molar-refractivity contribution is -0.136. The number of benzene rings is 1. The van der Waals surface area contributed by atoms with Crippen molar-refractivity contribution in [2.75, 3.05) is 5.32 Å². The van der Waals surface area contributed by atoms with Crippen LogP contribution in [0.4, 0.5) is 5.00 Å². The lowest BCUT2D eigenvalue weighted by atomic mass is 9.96. The molecule has 0 saturated carbocycles. The standard InChI is InChI=1S/C18H14Cl2N4O2S/c19-11-6-5-10(14(20)7-11)9-22-24-17(26)16(25)23-18-13(8-21)12-3-1-2-4-15(12)27-18/h5-7,9H,1-4H2,(H,23,25)(H,24,26). The van der Waals surface area contributed by atoms with Crippen molar-refractivity contribution in [3.05, 3.63) is 49.8 Å². The summed E-state index contributed by atoms with van der Waals surface area (Å²) < 4.78 is 0. The predicted molar refractivity (Wildman–Crippen MR) is 107 cm³/mol. The van der Waals surface area contributed by atoms with Crippen molar-refractivity contribution in [3.8, 4) is 6.07 Å². The highest BCUT2D eigenvalue weighted by Crippen LogP contribution is 2.37. The Morgan fingerprint density at radius 1 is 1.22 bits per heavy atom. The van der Waals surface area contributed by atoms with Gasteiger partial charge in [-0.15, -0.1) is 11.3 Å². The fourth-order valence-electron chi connectivity index (χ4n) is 2.75. The molecule has 1 aromatic heterocycles. The quantitative estimate of drug-likeness (QED) is 0.447. The van der Waals surface area contributed by atoms with E-state index < -0.39 is 11.8 Å². The minimum atomic E-state index is -0.938. The molecule has 6 nitrogen and oxygen atoms in total. The number of hydrogen-bond acceptors (Lipinski definition) is 5. The highest BCUT2D eigenvalue weighted by Gasteiger charge is 2.23. The number of thiophene rings is 1. The van der Waals surface area contributed by atoms with Gasteiger partial charge in [-0.3, -0.25) is 9.59 Å². The van der Waals surface area contributed by atoms with Crippen molar-refractivity contribution >= 4 is 57.6 Å². The topological polar surface area (TPSA) is 94.4 Å². The van der Waals surface area contributed by atoms with Crippen LogP contribution in [0.3, 0.4) is 0 Å². The molecule has 27 heavy (non-hydrogen) atoms. The molecule has 0 fully saturated rings. The fraction of sp³-hybridized carbons (Fsp3) is 0.222. The summed E-state index contributed by atoms with van der Waals surface area (Å²) in [5, 5.41) is 16.9. The maximum absolute atomic E-state index is 12.1. The molecule has 1 heterocycles. The average Bonchev–Trinajstić information content (AvgIpc) is 3.00. The monoisotopic (exact) mass is 420 g/mol. The summed E-state index contributed by atoms with van der Waals surface area (Å²) in [4.78, 5) is 25.2. The molecule has 0 atom stereocenters. The smallest absolute Gasteiger partial charge is 0.308 e. The molecule has 2 amide bonds. The molecule has 0 bridgehead atoms. The van der Waals surface area contributed by atoms with E-state index in [0.717, 1.165) is 36.1 Å². The van der Waals surface area contributed by atoms with E-state index in [0.29, 0.717) is 26.2 Å².